The van der Waals surface area contributed by atoms with E-state index in [2.05, 4.69) is 24.3 Å². The molecule has 0 saturated heterocycles. The Labute approximate surface area is 91.7 Å². The molecule has 84 valence electrons. The molecular weight excluding hydrogens is 188 g/mol. The molecule has 0 fully saturated rings. The quantitative estimate of drug-likeness (QED) is 0.680. The molecule has 0 bridgehead atoms. The van der Waals surface area contributed by atoms with E-state index in [0.29, 0.717) is 0 Å². The van der Waals surface area contributed by atoms with Crippen molar-refractivity contribution in [3.8, 4) is 0 Å². The number of likely N-dealkylation sites (N-methyl/N-ethyl adjacent to an activating group) is 1. The lowest BCUT2D eigenvalue weighted by Crippen LogP contribution is -2.26. The monoisotopic (exact) mass is 208 g/mol. The van der Waals surface area contributed by atoms with E-state index in [1.165, 1.54) is 5.56 Å². The van der Waals surface area contributed by atoms with Crippen LogP contribution in [-0.4, -0.2) is 37.2 Å². The van der Waals surface area contributed by atoms with Crippen LogP contribution in [0.1, 0.15) is 11.1 Å². The third kappa shape index (κ3) is 4.93. The summed E-state index contributed by atoms with van der Waals surface area (Å²) in [5.74, 6) is 0. The topological polar surface area (TPSA) is 35.5 Å². The van der Waals surface area contributed by atoms with E-state index in [4.69, 9.17) is 5.11 Å². The van der Waals surface area contributed by atoms with Crippen molar-refractivity contribution >= 4 is 0 Å². The van der Waals surface area contributed by atoms with E-state index in [1.807, 2.05) is 24.3 Å². The zero-order valence-corrected chi connectivity index (χ0v) is 9.53. The molecule has 1 rings (SSSR count). The van der Waals surface area contributed by atoms with Crippen molar-refractivity contribution in [2.45, 2.75) is 13.2 Å². The Bertz CT molecular complexity index is 269. The van der Waals surface area contributed by atoms with Crippen LogP contribution in [0.4, 0.5) is 0 Å². The second kappa shape index (κ2) is 6.56. The van der Waals surface area contributed by atoms with Gasteiger partial charge in [0.1, 0.15) is 0 Å². The fourth-order valence-electron chi connectivity index (χ4n) is 1.30. The highest BCUT2D eigenvalue weighted by molar-refractivity contribution is 5.21. The van der Waals surface area contributed by atoms with Gasteiger partial charge in [0.15, 0.2) is 0 Å². The predicted octanol–water partition coefficient (Wildman–Crippen LogP) is 0.830. The highest BCUT2D eigenvalue weighted by atomic mass is 16.3. The van der Waals surface area contributed by atoms with E-state index in [9.17, 15) is 0 Å². The van der Waals surface area contributed by atoms with Gasteiger partial charge in [-0.05, 0) is 25.2 Å². The van der Waals surface area contributed by atoms with Gasteiger partial charge >= 0.3 is 0 Å². The summed E-state index contributed by atoms with van der Waals surface area (Å²) in [6.45, 7) is 3.05. The van der Waals surface area contributed by atoms with Gasteiger partial charge in [0.2, 0.25) is 0 Å². The molecule has 0 atom stereocenters. The standard InChI is InChI=1S/C12H20N2O/c1-14(2)8-7-13-9-11-3-5-12(10-15)6-4-11/h3-6,13,15H,7-10H2,1-2H3. The minimum Gasteiger partial charge on any atom is -0.392 e. The van der Waals surface area contributed by atoms with Crippen LogP contribution >= 0.6 is 0 Å². The fraction of sp³-hybridized carbons (Fsp3) is 0.500. The van der Waals surface area contributed by atoms with E-state index >= 15 is 0 Å². The second-order valence-electron chi connectivity index (χ2n) is 3.95. The molecule has 0 aromatic heterocycles. The van der Waals surface area contributed by atoms with E-state index < -0.39 is 0 Å². The molecule has 0 heterocycles. The third-order valence-electron chi connectivity index (χ3n) is 2.27. The zero-order valence-electron chi connectivity index (χ0n) is 9.53. The number of nitrogens with zero attached hydrogens (tertiary/aromatic N) is 1. The summed E-state index contributed by atoms with van der Waals surface area (Å²) in [6, 6.07) is 8.02. The summed E-state index contributed by atoms with van der Waals surface area (Å²) in [5, 5.41) is 12.2. The van der Waals surface area contributed by atoms with Gasteiger partial charge in [0.05, 0.1) is 6.61 Å². The minimum atomic E-state index is 0.119. The number of hydrogen-bond acceptors (Lipinski definition) is 3. The Balaban J connectivity index is 2.25. The lowest BCUT2D eigenvalue weighted by molar-refractivity contribution is 0.282. The van der Waals surface area contributed by atoms with Crippen molar-refractivity contribution < 1.29 is 5.11 Å². The SMILES string of the molecule is CN(C)CCNCc1ccc(CO)cc1. The summed E-state index contributed by atoms with van der Waals surface area (Å²) < 4.78 is 0. The van der Waals surface area contributed by atoms with Gasteiger partial charge in [0, 0.05) is 19.6 Å². The molecule has 1 aromatic carbocycles. The van der Waals surface area contributed by atoms with Crippen LogP contribution < -0.4 is 5.32 Å². The summed E-state index contributed by atoms with van der Waals surface area (Å²) in [6.07, 6.45) is 0. The largest absolute Gasteiger partial charge is 0.392 e. The lowest BCUT2D eigenvalue weighted by Gasteiger charge is -2.10. The van der Waals surface area contributed by atoms with Gasteiger partial charge < -0.3 is 15.3 Å². The molecule has 1 aromatic rings. The molecule has 0 radical (unpaired) electrons. The average molecular weight is 208 g/mol. The van der Waals surface area contributed by atoms with Crippen molar-refractivity contribution in [3.63, 3.8) is 0 Å². The molecule has 3 heteroatoms. The Morgan fingerprint density at radius 1 is 1.13 bits per heavy atom. The van der Waals surface area contributed by atoms with Gasteiger partial charge in [-0.25, -0.2) is 0 Å². The van der Waals surface area contributed by atoms with Crippen LogP contribution in [0.3, 0.4) is 0 Å². The van der Waals surface area contributed by atoms with Gasteiger partial charge in [0.25, 0.3) is 0 Å². The van der Waals surface area contributed by atoms with Crippen LogP contribution in [-0.2, 0) is 13.2 Å². The van der Waals surface area contributed by atoms with Crippen LogP contribution in [0.25, 0.3) is 0 Å². The fourth-order valence-corrected chi connectivity index (χ4v) is 1.30. The molecule has 0 aliphatic carbocycles. The number of nitrogens with one attached hydrogen (secondary N) is 1. The Kier molecular flexibility index (Phi) is 5.32. The minimum absolute atomic E-state index is 0.119. The third-order valence-corrected chi connectivity index (χ3v) is 2.27. The van der Waals surface area contributed by atoms with Crippen molar-refractivity contribution in [1.29, 1.82) is 0 Å². The van der Waals surface area contributed by atoms with E-state index in [-0.39, 0.29) is 6.61 Å². The first-order valence-corrected chi connectivity index (χ1v) is 5.26. The number of benzene rings is 1. The molecule has 0 aliphatic heterocycles. The van der Waals surface area contributed by atoms with Crippen molar-refractivity contribution in [3.05, 3.63) is 35.4 Å². The highest BCUT2D eigenvalue weighted by Gasteiger charge is 1.94. The molecule has 3 nitrogen and oxygen atoms in total. The number of aliphatic hydroxyl groups is 1. The first-order valence-electron chi connectivity index (χ1n) is 5.26. The maximum absolute atomic E-state index is 8.88. The second-order valence-corrected chi connectivity index (χ2v) is 3.95. The zero-order chi connectivity index (χ0) is 11.1. The molecule has 0 spiro atoms. The number of aliphatic hydroxyl groups excluding tert-OH is 1. The van der Waals surface area contributed by atoms with Gasteiger partial charge in [-0.2, -0.15) is 0 Å². The Hall–Kier alpha value is -0.900. The first kappa shape index (κ1) is 12.2. The van der Waals surface area contributed by atoms with Gasteiger partial charge in [-0.1, -0.05) is 24.3 Å². The molecule has 0 unspecified atom stereocenters. The maximum Gasteiger partial charge on any atom is 0.0681 e. The summed E-state index contributed by atoms with van der Waals surface area (Å²) in [4.78, 5) is 2.15. The molecular formula is C12H20N2O. The van der Waals surface area contributed by atoms with Crippen LogP contribution in [0.2, 0.25) is 0 Å². The molecule has 0 aliphatic rings. The first-order chi connectivity index (χ1) is 7.22. The highest BCUT2D eigenvalue weighted by Crippen LogP contribution is 2.03. The van der Waals surface area contributed by atoms with Crippen LogP contribution in [0, 0.1) is 0 Å². The van der Waals surface area contributed by atoms with E-state index in [1.54, 1.807) is 0 Å². The van der Waals surface area contributed by atoms with Crippen molar-refractivity contribution in [2.24, 2.45) is 0 Å². The average Bonchev–Trinajstić information content (AvgIpc) is 2.25. The van der Waals surface area contributed by atoms with Crippen molar-refractivity contribution in [1.82, 2.24) is 10.2 Å². The molecule has 15 heavy (non-hydrogen) atoms. The maximum atomic E-state index is 8.88. The summed E-state index contributed by atoms with van der Waals surface area (Å²) >= 11 is 0. The number of hydrogen-bond donors (Lipinski definition) is 2. The van der Waals surface area contributed by atoms with Gasteiger partial charge in [-0.15, -0.1) is 0 Å². The Morgan fingerprint density at radius 2 is 1.73 bits per heavy atom. The summed E-state index contributed by atoms with van der Waals surface area (Å²) in [5.41, 5.74) is 2.22. The van der Waals surface area contributed by atoms with Crippen molar-refractivity contribution in [2.75, 3.05) is 27.2 Å². The molecule has 0 amide bonds. The molecule has 2 N–H and O–H groups in total. The van der Waals surface area contributed by atoms with E-state index in [0.717, 1.165) is 25.2 Å². The summed E-state index contributed by atoms with van der Waals surface area (Å²) in [7, 11) is 4.13. The normalized spacial score (nSPS) is 10.9. The van der Waals surface area contributed by atoms with Gasteiger partial charge in [-0.3, -0.25) is 0 Å². The predicted molar refractivity (Wildman–Crippen MR) is 62.6 cm³/mol. The van der Waals surface area contributed by atoms with Crippen LogP contribution in [0.5, 0.6) is 0 Å². The Morgan fingerprint density at radius 3 is 2.27 bits per heavy atom. The van der Waals surface area contributed by atoms with Crippen LogP contribution in [0.15, 0.2) is 24.3 Å². The number of rotatable bonds is 6. The smallest absolute Gasteiger partial charge is 0.0681 e. The lowest BCUT2D eigenvalue weighted by atomic mass is 10.1. The molecule has 0 saturated carbocycles.